The number of pyridine rings is 1. The lowest BCUT2D eigenvalue weighted by Crippen LogP contribution is -2.52. The molecule has 0 amide bonds. The van der Waals surface area contributed by atoms with Crippen molar-refractivity contribution < 1.29 is 4.92 Å². The van der Waals surface area contributed by atoms with Crippen LogP contribution in [0.2, 0.25) is 0 Å². The highest BCUT2D eigenvalue weighted by Gasteiger charge is 2.28. The van der Waals surface area contributed by atoms with Gasteiger partial charge in [0.15, 0.2) is 0 Å². The van der Waals surface area contributed by atoms with E-state index < -0.39 is 0 Å². The normalized spacial score (nSPS) is 19.7. The van der Waals surface area contributed by atoms with E-state index in [9.17, 15) is 10.1 Å². The predicted octanol–water partition coefficient (Wildman–Crippen LogP) is 2.87. The molecular weight excluding hydrogens is 354 g/mol. The fraction of sp³-hybridized carbons (Fsp3) is 0.476. The van der Waals surface area contributed by atoms with Crippen molar-refractivity contribution in [3.63, 3.8) is 0 Å². The molecule has 0 spiro atoms. The van der Waals surface area contributed by atoms with Crippen molar-refractivity contribution in [1.82, 2.24) is 14.8 Å². The zero-order valence-electron chi connectivity index (χ0n) is 16.3. The number of nitrogens with zero attached hydrogens (tertiary/aromatic N) is 5. The minimum Gasteiger partial charge on any atom is -0.371 e. The second kappa shape index (κ2) is 8.24. The van der Waals surface area contributed by atoms with Gasteiger partial charge in [-0.05, 0) is 43.7 Å². The van der Waals surface area contributed by atoms with Crippen LogP contribution >= 0.6 is 0 Å². The van der Waals surface area contributed by atoms with Gasteiger partial charge in [-0.25, -0.2) is 0 Å². The van der Waals surface area contributed by atoms with Crippen LogP contribution in [0.3, 0.4) is 0 Å². The summed E-state index contributed by atoms with van der Waals surface area (Å²) in [6.45, 7) is 6.56. The molecule has 1 aromatic heterocycles. The third kappa shape index (κ3) is 4.00. The maximum Gasteiger partial charge on any atom is 0.270 e. The van der Waals surface area contributed by atoms with E-state index in [0.29, 0.717) is 6.04 Å². The van der Waals surface area contributed by atoms with Crippen molar-refractivity contribution >= 4 is 11.4 Å². The second-order valence-electron chi connectivity index (χ2n) is 7.75. The first-order chi connectivity index (χ1) is 13.6. The molecule has 0 unspecified atom stereocenters. The van der Waals surface area contributed by atoms with Gasteiger partial charge >= 0.3 is 0 Å². The maximum absolute atomic E-state index is 11.3. The Morgan fingerprint density at radius 1 is 1.00 bits per heavy atom. The van der Waals surface area contributed by atoms with Gasteiger partial charge in [-0.2, -0.15) is 0 Å². The smallest absolute Gasteiger partial charge is 0.270 e. The van der Waals surface area contributed by atoms with E-state index >= 15 is 0 Å². The van der Waals surface area contributed by atoms with Crippen molar-refractivity contribution in [2.45, 2.75) is 18.9 Å². The van der Waals surface area contributed by atoms with E-state index in [2.05, 4.69) is 26.7 Å². The highest BCUT2D eigenvalue weighted by atomic mass is 16.6. The summed E-state index contributed by atoms with van der Waals surface area (Å²) < 4.78 is 0. The first-order valence-corrected chi connectivity index (χ1v) is 9.98. The molecule has 2 saturated heterocycles. The van der Waals surface area contributed by atoms with Crippen LogP contribution in [0.25, 0.3) is 11.1 Å². The first kappa shape index (κ1) is 18.8. The van der Waals surface area contributed by atoms with Crippen LogP contribution in [-0.2, 0) is 0 Å². The molecule has 2 aliphatic heterocycles. The van der Waals surface area contributed by atoms with Gasteiger partial charge in [0.1, 0.15) is 0 Å². The predicted molar refractivity (Wildman–Crippen MR) is 111 cm³/mol. The summed E-state index contributed by atoms with van der Waals surface area (Å²) in [5.74, 6) is 0. The monoisotopic (exact) mass is 381 g/mol. The number of aromatic nitrogens is 1. The molecule has 7 heteroatoms. The zero-order valence-corrected chi connectivity index (χ0v) is 16.3. The van der Waals surface area contributed by atoms with Gasteiger partial charge in [0.2, 0.25) is 0 Å². The van der Waals surface area contributed by atoms with Crippen LogP contribution in [0, 0.1) is 10.1 Å². The number of piperazine rings is 1. The minimum atomic E-state index is -0.325. The number of non-ortho nitro benzene ring substituents is 1. The summed E-state index contributed by atoms with van der Waals surface area (Å²) in [5, 5.41) is 11.3. The number of nitro benzene ring substituents is 1. The van der Waals surface area contributed by atoms with E-state index in [1.165, 1.54) is 0 Å². The quantitative estimate of drug-likeness (QED) is 0.599. The van der Waals surface area contributed by atoms with Crippen molar-refractivity contribution in [1.29, 1.82) is 0 Å². The molecule has 0 radical (unpaired) electrons. The number of hydrogen-bond donors (Lipinski definition) is 0. The number of nitro groups is 1. The van der Waals surface area contributed by atoms with Crippen LogP contribution in [0.15, 0.2) is 42.7 Å². The third-order valence-electron chi connectivity index (χ3n) is 6.04. The lowest BCUT2D eigenvalue weighted by Gasteiger charge is -2.43. The summed E-state index contributed by atoms with van der Waals surface area (Å²) in [6.07, 6.45) is 5.74. The van der Waals surface area contributed by atoms with E-state index in [1.807, 2.05) is 18.2 Å². The summed E-state index contributed by atoms with van der Waals surface area (Å²) in [7, 11) is 2.19. The third-order valence-corrected chi connectivity index (χ3v) is 6.04. The first-order valence-electron chi connectivity index (χ1n) is 9.98. The van der Waals surface area contributed by atoms with Crippen LogP contribution in [0.4, 0.5) is 11.4 Å². The van der Waals surface area contributed by atoms with Gasteiger partial charge in [0.25, 0.3) is 5.69 Å². The van der Waals surface area contributed by atoms with Crippen LogP contribution in [0.5, 0.6) is 0 Å². The Kier molecular flexibility index (Phi) is 5.54. The fourth-order valence-corrected chi connectivity index (χ4v) is 4.34. The largest absolute Gasteiger partial charge is 0.371 e. The number of anilines is 1. The molecule has 0 aliphatic carbocycles. The van der Waals surface area contributed by atoms with E-state index in [0.717, 1.165) is 68.9 Å². The minimum absolute atomic E-state index is 0.128. The van der Waals surface area contributed by atoms with Crippen molar-refractivity contribution in [3.8, 4) is 11.1 Å². The molecule has 1 aromatic carbocycles. The standard InChI is InChI=1S/C21H27N5O2/c1-23-12-14-24(15-13-23)18-6-10-25(11-7-18)21-3-2-19(26(27)28)16-20(21)17-4-8-22-9-5-17/h2-5,8-9,16,18H,6-7,10-15H2,1H3. The number of piperidine rings is 1. The van der Waals surface area contributed by atoms with Crippen LogP contribution < -0.4 is 4.90 Å². The van der Waals surface area contributed by atoms with Crippen molar-refractivity contribution in [2.24, 2.45) is 0 Å². The van der Waals surface area contributed by atoms with Crippen molar-refractivity contribution in [2.75, 3.05) is 51.2 Å². The highest BCUT2D eigenvalue weighted by Crippen LogP contribution is 2.35. The van der Waals surface area contributed by atoms with Gasteiger partial charge in [0.05, 0.1) is 4.92 Å². The van der Waals surface area contributed by atoms with E-state index in [4.69, 9.17) is 0 Å². The molecule has 7 nitrogen and oxygen atoms in total. The Balaban J connectivity index is 1.52. The lowest BCUT2D eigenvalue weighted by molar-refractivity contribution is -0.384. The zero-order chi connectivity index (χ0) is 19.5. The van der Waals surface area contributed by atoms with E-state index in [-0.39, 0.29) is 10.6 Å². The number of likely N-dealkylation sites (N-methyl/N-ethyl adjacent to an activating group) is 1. The van der Waals surface area contributed by atoms with Crippen LogP contribution in [0.1, 0.15) is 12.8 Å². The average molecular weight is 381 g/mol. The Hall–Kier alpha value is -2.51. The molecule has 2 aromatic rings. The maximum atomic E-state index is 11.3. The molecule has 0 N–H and O–H groups in total. The summed E-state index contributed by atoms with van der Waals surface area (Å²) in [6, 6.07) is 9.69. The molecule has 0 saturated carbocycles. The average Bonchev–Trinajstić information content (AvgIpc) is 2.74. The van der Waals surface area contributed by atoms with Gasteiger partial charge in [-0.3, -0.25) is 20.0 Å². The lowest BCUT2D eigenvalue weighted by atomic mass is 9.98. The van der Waals surface area contributed by atoms with Crippen LogP contribution in [-0.4, -0.2) is 72.1 Å². The molecule has 2 aliphatic rings. The Labute approximate surface area is 165 Å². The molecule has 3 heterocycles. The summed E-state index contributed by atoms with van der Waals surface area (Å²) in [5.41, 5.74) is 3.08. The van der Waals surface area contributed by atoms with Gasteiger partial charge in [-0.15, -0.1) is 0 Å². The molecule has 0 atom stereocenters. The molecular formula is C21H27N5O2. The van der Waals surface area contributed by atoms with Gasteiger partial charge < -0.3 is 9.80 Å². The second-order valence-corrected chi connectivity index (χ2v) is 7.75. The Morgan fingerprint density at radius 3 is 2.32 bits per heavy atom. The Bertz CT molecular complexity index is 813. The summed E-state index contributed by atoms with van der Waals surface area (Å²) >= 11 is 0. The number of hydrogen-bond acceptors (Lipinski definition) is 6. The van der Waals surface area contributed by atoms with Gasteiger partial charge in [-0.1, -0.05) is 0 Å². The molecule has 4 rings (SSSR count). The number of benzene rings is 1. The van der Waals surface area contributed by atoms with Crippen molar-refractivity contribution in [3.05, 3.63) is 52.8 Å². The summed E-state index contributed by atoms with van der Waals surface area (Å²) in [4.78, 5) is 22.4. The topological polar surface area (TPSA) is 65.8 Å². The highest BCUT2D eigenvalue weighted by molar-refractivity contribution is 5.80. The van der Waals surface area contributed by atoms with E-state index in [1.54, 1.807) is 24.5 Å². The molecule has 2 fully saturated rings. The molecule has 28 heavy (non-hydrogen) atoms. The Morgan fingerprint density at radius 2 is 1.68 bits per heavy atom. The SMILES string of the molecule is CN1CCN(C2CCN(c3ccc([N+](=O)[O-])cc3-c3ccncc3)CC2)CC1. The fourth-order valence-electron chi connectivity index (χ4n) is 4.34. The molecule has 148 valence electrons. The molecule has 0 bridgehead atoms. The van der Waals surface area contributed by atoms with Gasteiger partial charge in [0, 0.05) is 81.1 Å². The number of rotatable bonds is 4.